The van der Waals surface area contributed by atoms with E-state index in [1.807, 2.05) is 0 Å². The monoisotopic (exact) mass is 312 g/mol. The Labute approximate surface area is 133 Å². The van der Waals surface area contributed by atoms with Gasteiger partial charge in [0, 0.05) is 11.1 Å². The first-order chi connectivity index (χ1) is 11.0. The average molecular weight is 312 g/mol. The van der Waals surface area contributed by atoms with Gasteiger partial charge in [-0.15, -0.1) is 0 Å². The SMILES string of the molecule is CC(=O)c1ccccc1NC(=O)COc1ccc(C(N)=O)cc1. The lowest BCUT2D eigenvalue weighted by Crippen LogP contribution is -2.21. The molecule has 0 aliphatic carbocycles. The molecule has 0 radical (unpaired) electrons. The van der Waals surface area contributed by atoms with E-state index in [9.17, 15) is 14.4 Å². The number of ketones is 1. The number of hydrogen-bond donors (Lipinski definition) is 2. The fourth-order valence-corrected chi connectivity index (χ4v) is 1.95. The summed E-state index contributed by atoms with van der Waals surface area (Å²) in [4.78, 5) is 34.4. The van der Waals surface area contributed by atoms with Crippen LogP contribution >= 0.6 is 0 Å². The van der Waals surface area contributed by atoms with Gasteiger partial charge in [0.1, 0.15) is 5.75 Å². The maximum Gasteiger partial charge on any atom is 0.262 e. The highest BCUT2D eigenvalue weighted by Crippen LogP contribution is 2.16. The Morgan fingerprint density at radius 2 is 1.70 bits per heavy atom. The van der Waals surface area contributed by atoms with Crippen molar-refractivity contribution < 1.29 is 19.1 Å². The summed E-state index contributed by atoms with van der Waals surface area (Å²) in [5.41, 5.74) is 6.38. The van der Waals surface area contributed by atoms with Crippen molar-refractivity contribution >= 4 is 23.3 Å². The largest absolute Gasteiger partial charge is 0.484 e. The standard InChI is InChI=1S/C17H16N2O4/c1-11(20)14-4-2-3-5-15(14)19-16(21)10-23-13-8-6-12(7-9-13)17(18)22/h2-9H,10H2,1H3,(H2,18,22)(H,19,21). The molecule has 2 aromatic carbocycles. The van der Waals surface area contributed by atoms with Crippen molar-refractivity contribution in [2.45, 2.75) is 6.92 Å². The van der Waals surface area contributed by atoms with Crippen LogP contribution in [0.4, 0.5) is 5.69 Å². The van der Waals surface area contributed by atoms with E-state index in [0.29, 0.717) is 22.6 Å². The van der Waals surface area contributed by atoms with E-state index in [0.717, 1.165) is 0 Å². The van der Waals surface area contributed by atoms with Crippen molar-refractivity contribution in [1.82, 2.24) is 0 Å². The Kier molecular flexibility index (Phi) is 5.09. The third kappa shape index (κ3) is 4.41. The van der Waals surface area contributed by atoms with Gasteiger partial charge in [0.2, 0.25) is 5.91 Å². The van der Waals surface area contributed by atoms with E-state index in [-0.39, 0.29) is 12.4 Å². The number of anilines is 1. The van der Waals surface area contributed by atoms with Gasteiger partial charge in [-0.1, -0.05) is 12.1 Å². The van der Waals surface area contributed by atoms with Crippen molar-refractivity contribution in [3.8, 4) is 5.75 Å². The number of Topliss-reactive ketones (excluding diaryl/α,β-unsaturated/α-hetero) is 1. The minimum absolute atomic E-state index is 0.135. The van der Waals surface area contributed by atoms with Crippen LogP contribution in [0.1, 0.15) is 27.6 Å². The van der Waals surface area contributed by atoms with E-state index >= 15 is 0 Å². The molecule has 118 valence electrons. The highest BCUT2D eigenvalue weighted by Gasteiger charge is 2.10. The van der Waals surface area contributed by atoms with E-state index in [1.54, 1.807) is 36.4 Å². The van der Waals surface area contributed by atoms with Gasteiger partial charge in [-0.05, 0) is 43.3 Å². The summed E-state index contributed by atoms with van der Waals surface area (Å²) < 4.78 is 5.33. The molecule has 6 heteroatoms. The lowest BCUT2D eigenvalue weighted by Gasteiger charge is -2.10. The van der Waals surface area contributed by atoms with Crippen molar-refractivity contribution in [3.05, 3.63) is 59.7 Å². The summed E-state index contributed by atoms with van der Waals surface area (Å²) in [7, 11) is 0. The molecule has 0 aliphatic heterocycles. The molecule has 0 aliphatic rings. The third-order valence-electron chi connectivity index (χ3n) is 3.09. The zero-order valence-corrected chi connectivity index (χ0v) is 12.5. The minimum Gasteiger partial charge on any atom is -0.484 e. The fraction of sp³-hybridized carbons (Fsp3) is 0.118. The zero-order chi connectivity index (χ0) is 16.8. The van der Waals surface area contributed by atoms with Crippen LogP contribution in [0.5, 0.6) is 5.75 Å². The molecule has 0 atom stereocenters. The molecule has 3 N–H and O–H groups in total. The number of rotatable bonds is 6. The molecule has 0 saturated heterocycles. The highest BCUT2D eigenvalue weighted by atomic mass is 16.5. The molecule has 2 rings (SSSR count). The molecule has 0 spiro atoms. The molecular formula is C17H16N2O4. The first-order valence-electron chi connectivity index (χ1n) is 6.90. The van der Waals surface area contributed by atoms with E-state index < -0.39 is 11.8 Å². The predicted molar refractivity (Wildman–Crippen MR) is 85.5 cm³/mol. The Morgan fingerprint density at radius 1 is 1.04 bits per heavy atom. The second kappa shape index (κ2) is 7.22. The molecule has 23 heavy (non-hydrogen) atoms. The Balaban J connectivity index is 1.95. The Bertz CT molecular complexity index is 739. The van der Waals surface area contributed by atoms with Gasteiger partial charge < -0.3 is 15.8 Å². The number of ether oxygens (including phenoxy) is 1. The molecule has 6 nitrogen and oxygen atoms in total. The van der Waals surface area contributed by atoms with E-state index in [2.05, 4.69) is 5.32 Å². The molecule has 0 heterocycles. The topological polar surface area (TPSA) is 98.5 Å². The van der Waals surface area contributed by atoms with Crippen LogP contribution in [0, 0.1) is 0 Å². The summed E-state index contributed by atoms with van der Waals surface area (Å²) in [6.07, 6.45) is 0. The third-order valence-corrected chi connectivity index (χ3v) is 3.09. The number of para-hydroxylation sites is 1. The van der Waals surface area contributed by atoms with Crippen LogP contribution in [0.3, 0.4) is 0 Å². The predicted octanol–water partition coefficient (Wildman–Crippen LogP) is 2.01. The number of nitrogens with two attached hydrogens (primary N) is 1. The normalized spacial score (nSPS) is 9.96. The van der Waals surface area contributed by atoms with Gasteiger partial charge in [-0.2, -0.15) is 0 Å². The number of hydrogen-bond acceptors (Lipinski definition) is 4. The van der Waals surface area contributed by atoms with Crippen LogP contribution in [0.15, 0.2) is 48.5 Å². The number of carbonyl (C=O) groups is 3. The summed E-state index contributed by atoms with van der Waals surface area (Å²) in [5.74, 6) is -0.623. The summed E-state index contributed by atoms with van der Waals surface area (Å²) in [5, 5.41) is 2.63. The van der Waals surface area contributed by atoms with E-state index in [1.165, 1.54) is 19.1 Å². The fourth-order valence-electron chi connectivity index (χ4n) is 1.95. The zero-order valence-electron chi connectivity index (χ0n) is 12.5. The maximum atomic E-state index is 11.9. The van der Waals surface area contributed by atoms with Crippen LogP contribution in [-0.4, -0.2) is 24.2 Å². The number of carbonyl (C=O) groups excluding carboxylic acids is 3. The Morgan fingerprint density at radius 3 is 2.30 bits per heavy atom. The number of benzene rings is 2. The molecule has 2 aromatic rings. The second-order valence-corrected chi connectivity index (χ2v) is 4.83. The molecule has 0 bridgehead atoms. The van der Waals surface area contributed by atoms with Crippen LogP contribution < -0.4 is 15.8 Å². The van der Waals surface area contributed by atoms with Crippen LogP contribution in [-0.2, 0) is 4.79 Å². The molecule has 0 unspecified atom stereocenters. The van der Waals surface area contributed by atoms with Crippen molar-refractivity contribution in [3.63, 3.8) is 0 Å². The average Bonchev–Trinajstić information content (AvgIpc) is 2.53. The van der Waals surface area contributed by atoms with Gasteiger partial charge in [0.05, 0.1) is 5.69 Å². The second-order valence-electron chi connectivity index (χ2n) is 4.83. The smallest absolute Gasteiger partial charge is 0.262 e. The lowest BCUT2D eigenvalue weighted by atomic mass is 10.1. The van der Waals surface area contributed by atoms with Gasteiger partial charge >= 0.3 is 0 Å². The maximum absolute atomic E-state index is 11.9. The molecule has 0 saturated carbocycles. The summed E-state index contributed by atoms with van der Waals surface area (Å²) in [6, 6.07) is 12.9. The lowest BCUT2D eigenvalue weighted by molar-refractivity contribution is -0.118. The molecule has 0 aromatic heterocycles. The van der Waals surface area contributed by atoms with Crippen LogP contribution in [0.25, 0.3) is 0 Å². The van der Waals surface area contributed by atoms with Crippen molar-refractivity contribution in [2.24, 2.45) is 5.73 Å². The van der Waals surface area contributed by atoms with Gasteiger partial charge in [0.25, 0.3) is 5.91 Å². The number of primary amides is 1. The first-order valence-corrected chi connectivity index (χ1v) is 6.90. The summed E-state index contributed by atoms with van der Waals surface area (Å²) >= 11 is 0. The molecular weight excluding hydrogens is 296 g/mol. The van der Waals surface area contributed by atoms with Crippen molar-refractivity contribution in [2.75, 3.05) is 11.9 Å². The highest BCUT2D eigenvalue weighted by molar-refractivity contribution is 6.03. The van der Waals surface area contributed by atoms with E-state index in [4.69, 9.17) is 10.5 Å². The molecule has 2 amide bonds. The summed E-state index contributed by atoms with van der Waals surface area (Å²) in [6.45, 7) is 1.21. The minimum atomic E-state index is -0.532. The molecule has 0 fully saturated rings. The first kappa shape index (κ1) is 16.2. The quantitative estimate of drug-likeness (QED) is 0.797. The Hall–Kier alpha value is -3.15. The van der Waals surface area contributed by atoms with Gasteiger partial charge in [0.15, 0.2) is 12.4 Å². The van der Waals surface area contributed by atoms with Gasteiger partial charge in [-0.25, -0.2) is 0 Å². The van der Waals surface area contributed by atoms with Crippen molar-refractivity contribution in [1.29, 1.82) is 0 Å². The van der Waals surface area contributed by atoms with Crippen LogP contribution in [0.2, 0.25) is 0 Å². The number of nitrogens with one attached hydrogen (secondary N) is 1. The van der Waals surface area contributed by atoms with Gasteiger partial charge in [-0.3, -0.25) is 14.4 Å². The number of amides is 2.